The summed E-state index contributed by atoms with van der Waals surface area (Å²) >= 11 is 0. The predicted molar refractivity (Wildman–Crippen MR) is 134 cm³/mol. The van der Waals surface area contributed by atoms with Crippen molar-refractivity contribution in [2.75, 3.05) is 22.7 Å². The minimum Gasteiger partial charge on any atom is -0.504 e. The molecule has 0 spiro atoms. The lowest BCUT2D eigenvalue weighted by atomic mass is 10.1. The first-order chi connectivity index (χ1) is 16.7. The fourth-order valence-corrected chi connectivity index (χ4v) is 3.73. The van der Waals surface area contributed by atoms with E-state index < -0.39 is 0 Å². The number of allylic oxidation sites excluding steroid dienone is 1. The van der Waals surface area contributed by atoms with Gasteiger partial charge in [-0.25, -0.2) is 4.98 Å². The van der Waals surface area contributed by atoms with Gasteiger partial charge in [-0.3, -0.25) is 19.6 Å². The van der Waals surface area contributed by atoms with Crippen LogP contribution in [0.3, 0.4) is 0 Å². The molecule has 0 unspecified atom stereocenters. The van der Waals surface area contributed by atoms with Crippen molar-refractivity contribution in [1.82, 2.24) is 9.99 Å². The number of pyridine rings is 1. The molecule has 0 fully saturated rings. The number of ether oxygens (including phenoxy) is 1. The maximum atomic E-state index is 13.1. The van der Waals surface area contributed by atoms with Crippen LogP contribution in [0.25, 0.3) is 0 Å². The maximum absolute atomic E-state index is 13.1. The molecule has 2 heterocycles. The van der Waals surface area contributed by atoms with Crippen molar-refractivity contribution in [1.29, 1.82) is 0 Å². The Labute approximate surface area is 202 Å². The lowest BCUT2D eigenvalue weighted by Crippen LogP contribution is -2.32. The summed E-state index contributed by atoms with van der Waals surface area (Å²) in [5.74, 6) is 0.112. The van der Waals surface area contributed by atoms with Crippen LogP contribution in [0.5, 0.6) is 17.2 Å². The second kappa shape index (κ2) is 9.60. The first-order valence-corrected chi connectivity index (χ1v) is 10.8. The minimum absolute atomic E-state index is 0.167. The summed E-state index contributed by atoms with van der Waals surface area (Å²) < 4.78 is 5.71. The molecule has 9 heteroatoms. The Morgan fingerprint density at radius 2 is 1.80 bits per heavy atom. The zero-order chi connectivity index (χ0) is 25.1. The van der Waals surface area contributed by atoms with Crippen molar-refractivity contribution in [3.63, 3.8) is 0 Å². The molecule has 2 aromatic carbocycles. The highest BCUT2D eigenvalue weighted by Crippen LogP contribution is 2.36. The number of rotatable bonds is 6. The second-order valence-electron chi connectivity index (χ2n) is 7.87. The highest BCUT2D eigenvalue weighted by Gasteiger charge is 2.33. The molecule has 0 atom stereocenters. The SMILES string of the molecule is C=C1C(C(=O)Nc2ccc(Oc3ccnc(NC(C)=O)c3)c(O)c2)=C(C)N(C)N1c1ccccc1. The fourth-order valence-electron chi connectivity index (χ4n) is 3.73. The van der Waals surface area contributed by atoms with Crippen LogP contribution < -0.4 is 20.4 Å². The first-order valence-electron chi connectivity index (χ1n) is 10.8. The number of aromatic nitrogens is 1. The van der Waals surface area contributed by atoms with Crippen molar-refractivity contribution in [3.8, 4) is 17.2 Å². The normalized spacial score (nSPS) is 13.2. The number of aromatic hydroxyl groups is 1. The van der Waals surface area contributed by atoms with E-state index in [0.717, 1.165) is 11.4 Å². The highest BCUT2D eigenvalue weighted by atomic mass is 16.5. The molecule has 0 saturated carbocycles. The molecule has 3 N–H and O–H groups in total. The van der Waals surface area contributed by atoms with Gasteiger partial charge in [-0.15, -0.1) is 0 Å². The Morgan fingerprint density at radius 3 is 2.49 bits per heavy atom. The molecule has 3 aromatic rings. The van der Waals surface area contributed by atoms with Gasteiger partial charge >= 0.3 is 0 Å². The van der Waals surface area contributed by atoms with Crippen LogP contribution in [0.15, 0.2) is 90.4 Å². The third-order valence-corrected chi connectivity index (χ3v) is 5.40. The van der Waals surface area contributed by atoms with Crippen LogP contribution in [0.2, 0.25) is 0 Å². The predicted octanol–water partition coefficient (Wildman–Crippen LogP) is 4.63. The van der Waals surface area contributed by atoms with Gasteiger partial charge in [0, 0.05) is 43.7 Å². The van der Waals surface area contributed by atoms with Crippen LogP contribution in [0, 0.1) is 0 Å². The van der Waals surface area contributed by atoms with Gasteiger partial charge in [-0.05, 0) is 37.3 Å². The molecule has 1 aliphatic heterocycles. The molecular formula is C26H25N5O4. The van der Waals surface area contributed by atoms with Gasteiger partial charge in [-0.2, -0.15) is 0 Å². The second-order valence-corrected chi connectivity index (χ2v) is 7.87. The van der Waals surface area contributed by atoms with Gasteiger partial charge < -0.3 is 20.5 Å². The van der Waals surface area contributed by atoms with Crippen molar-refractivity contribution in [3.05, 3.63) is 90.4 Å². The molecule has 1 aromatic heterocycles. The fraction of sp³-hybridized carbons (Fsp3) is 0.115. The lowest BCUT2D eigenvalue weighted by Gasteiger charge is -2.29. The number of hydrazine groups is 1. The number of hydrogen-bond acceptors (Lipinski definition) is 7. The first kappa shape index (κ1) is 23.4. The van der Waals surface area contributed by atoms with Crippen LogP contribution in [-0.2, 0) is 9.59 Å². The van der Waals surface area contributed by atoms with Gasteiger partial charge in [0.2, 0.25) is 5.91 Å². The van der Waals surface area contributed by atoms with E-state index in [9.17, 15) is 14.7 Å². The Bertz CT molecular complexity index is 1340. The molecule has 0 radical (unpaired) electrons. The number of para-hydroxylation sites is 1. The number of phenolic OH excluding ortho intramolecular Hbond substituents is 1. The van der Waals surface area contributed by atoms with E-state index >= 15 is 0 Å². The number of anilines is 3. The number of phenols is 1. The standard InChI is InChI=1S/C26H25N5O4/c1-16-25(17(2)31(30(16)4)20-8-6-5-7-9-20)26(34)29-19-10-11-23(22(33)14-19)35-21-12-13-27-24(15-21)28-18(3)32/h5-15,33H,2H2,1,3-4H3,(H,29,34)(H,27,28,32). The van der Waals surface area contributed by atoms with E-state index in [1.54, 1.807) is 12.1 Å². The van der Waals surface area contributed by atoms with Crippen LogP contribution in [-0.4, -0.2) is 34.0 Å². The lowest BCUT2D eigenvalue weighted by molar-refractivity contribution is -0.114. The third kappa shape index (κ3) is 4.93. The van der Waals surface area contributed by atoms with Crippen LogP contribution >= 0.6 is 0 Å². The maximum Gasteiger partial charge on any atom is 0.259 e. The molecule has 4 rings (SSSR count). The van der Waals surface area contributed by atoms with Crippen molar-refractivity contribution in [2.24, 2.45) is 0 Å². The molecule has 1 aliphatic rings. The van der Waals surface area contributed by atoms with Gasteiger partial charge in [-0.1, -0.05) is 24.8 Å². The molecular weight excluding hydrogens is 446 g/mol. The summed E-state index contributed by atoms with van der Waals surface area (Å²) in [6, 6.07) is 17.3. The minimum atomic E-state index is -0.347. The van der Waals surface area contributed by atoms with Crippen molar-refractivity contribution in [2.45, 2.75) is 13.8 Å². The number of carbonyl (C=O) groups is 2. The van der Waals surface area contributed by atoms with Crippen molar-refractivity contribution >= 4 is 29.0 Å². The van der Waals surface area contributed by atoms with Gasteiger partial charge in [0.25, 0.3) is 5.91 Å². The average molecular weight is 472 g/mol. The molecule has 35 heavy (non-hydrogen) atoms. The molecule has 9 nitrogen and oxygen atoms in total. The number of nitrogens with one attached hydrogen (secondary N) is 2. The summed E-state index contributed by atoms with van der Waals surface area (Å²) in [6.45, 7) is 7.35. The Balaban J connectivity index is 1.48. The molecule has 178 valence electrons. The van der Waals surface area contributed by atoms with E-state index in [-0.39, 0.29) is 23.3 Å². The van der Waals surface area contributed by atoms with E-state index in [1.165, 1.54) is 31.3 Å². The van der Waals surface area contributed by atoms with Gasteiger partial charge in [0.15, 0.2) is 11.5 Å². The Kier molecular flexibility index (Phi) is 6.41. The van der Waals surface area contributed by atoms with E-state index in [0.29, 0.717) is 28.5 Å². The summed E-state index contributed by atoms with van der Waals surface area (Å²) in [6.07, 6.45) is 1.48. The summed E-state index contributed by atoms with van der Waals surface area (Å²) in [4.78, 5) is 28.4. The van der Waals surface area contributed by atoms with Crippen molar-refractivity contribution < 1.29 is 19.4 Å². The quantitative estimate of drug-likeness (QED) is 0.481. The monoisotopic (exact) mass is 471 g/mol. The molecule has 0 bridgehead atoms. The topological polar surface area (TPSA) is 107 Å². The Hall–Kier alpha value is -4.79. The van der Waals surface area contributed by atoms with E-state index in [1.807, 2.05) is 54.3 Å². The van der Waals surface area contributed by atoms with Crippen LogP contribution in [0.1, 0.15) is 13.8 Å². The van der Waals surface area contributed by atoms with E-state index in [4.69, 9.17) is 4.74 Å². The zero-order valence-corrected chi connectivity index (χ0v) is 19.6. The zero-order valence-electron chi connectivity index (χ0n) is 19.6. The van der Waals surface area contributed by atoms with E-state index in [2.05, 4.69) is 22.2 Å². The smallest absolute Gasteiger partial charge is 0.259 e. The number of amides is 2. The number of benzene rings is 2. The average Bonchev–Trinajstić information content (AvgIpc) is 3.04. The molecule has 0 aliphatic carbocycles. The molecule has 0 saturated heterocycles. The van der Waals surface area contributed by atoms with Gasteiger partial charge in [0.05, 0.1) is 17.0 Å². The molecule has 2 amide bonds. The number of nitrogens with zero attached hydrogens (tertiary/aromatic N) is 3. The largest absolute Gasteiger partial charge is 0.504 e. The van der Waals surface area contributed by atoms with Gasteiger partial charge in [0.1, 0.15) is 11.6 Å². The Morgan fingerprint density at radius 1 is 1.06 bits per heavy atom. The summed E-state index contributed by atoms with van der Waals surface area (Å²) in [7, 11) is 1.86. The third-order valence-electron chi connectivity index (χ3n) is 5.40. The highest BCUT2D eigenvalue weighted by molar-refractivity contribution is 6.08. The summed E-state index contributed by atoms with van der Waals surface area (Å²) in [5, 5.41) is 19.6. The number of carbonyl (C=O) groups excluding carboxylic acids is 2. The number of hydrogen-bond donors (Lipinski definition) is 3. The van der Waals surface area contributed by atoms with Crippen LogP contribution in [0.4, 0.5) is 17.2 Å². The summed E-state index contributed by atoms with van der Waals surface area (Å²) in [5.41, 5.74) is 3.01.